The number of amides is 2. The Labute approximate surface area is 236 Å². The highest BCUT2D eigenvalue weighted by Crippen LogP contribution is 2.26. The molecule has 3 aromatic carbocycles. The van der Waals surface area contributed by atoms with Crippen molar-refractivity contribution in [2.75, 3.05) is 5.75 Å². The number of nitrogens with one attached hydrogen (secondary N) is 1. The van der Waals surface area contributed by atoms with Gasteiger partial charge in [-0.2, -0.15) is 0 Å². The summed E-state index contributed by atoms with van der Waals surface area (Å²) < 4.78 is 14.2. The third kappa shape index (κ3) is 8.64. The molecule has 0 bridgehead atoms. The monoisotopic (exact) mass is 580 g/mol. The Hall–Kier alpha value is -2.25. The van der Waals surface area contributed by atoms with Gasteiger partial charge >= 0.3 is 0 Å². The van der Waals surface area contributed by atoms with Crippen LogP contribution in [0.4, 0.5) is 4.39 Å². The highest BCUT2D eigenvalue weighted by Gasteiger charge is 2.30. The number of thioether (sulfide) groups is 1. The standard InChI is InChI=1S/C28H28Cl3FN2O2S/c1-18(2)33-28(36)26(14-19-7-4-3-5-8-19)34(15-20-11-12-23(30)24(31)13-20)27(35)17-37-16-21-22(29)9-6-10-25(21)32/h3-13,18,26H,14-17H2,1-2H3,(H,33,36)/t26-/m0/s1. The van der Waals surface area contributed by atoms with E-state index in [1.807, 2.05) is 44.2 Å². The molecule has 2 amide bonds. The summed E-state index contributed by atoms with van der Waals surface area (Å²) in [5.74, 6) is -0.679. The molecule has 0 spiro atoms. The second-order valence-electron chi connectivity index (χ2n) is 8.83. The summed E-state index contributed by atoms with van der Waals surface area (Å²) in [6.07, 6.45) is 0.330. The van der Waals surface area contributed by atoms with Crippen LogP contribution < -0.4 is 5.32 Å². The van der Waals surface area contributed by atoms with Gasteiger partial charge in [0.25, 0.3) is 0 Å². The van der Waals surface area contributed by atoms with Gasteiger partial charge in [0.15, 0.2) is 0 Å². The van der Waals surface area contributed by atoms with Crippen molar-refractivity contribution >= 4 is 58.4 Å². The fourth-order valence-electron chi connectivity index (χ4n) is 3.76. The first kappa shape index (κ1) is 29.3. The summed E-state index contributed by atoms with van der Waals surface area (Å²) >= 11 is 19.7. The van der Waals surface area contributed by atoms with E-state index in [4.69, 9.17) is 34.8 Å². The van der Waals surface area contributed by atoms with Gasteiger partial charge in [0.05, 0.1) is 15.8 Å². The van der Waals surface area contributed by atoms with Crippen molar-refractivity contribution in [3.8, 4) is 0 Å². The molecule has 1 N–H and O–H groups in total. The molecule has 0 aliphatic rings. The van der Waals surface area contributed by atoms with Crippen LogP contribution in [0.25, 0.3) is 0 Å². The Morgan fingerprint density at radius 1 is 0.919 bits per heavy atom. The number of rotatable bonds is 11. The molecule has 37 heavy (non-hydrogen) atoms. The molecular formula is C28H28Cl3FN2O2S. The molecule has 0 aliphatic heterocycles. The number of hydrogen-bond donors (Lipinski definition) is 1. The van der Waals surface area contributed by atoms with Crippen LogP contribution in [0.3, 0.4) is 0 Å². The van der Waals surface area contributed by atoms with Gasteiger partial charge in [0.2, 0.25) is 11.8 Å². The van der Waals surface area contributed by atoms with Gasteiger partial charge in [-0.25, -0.2) is 4.39 Å². The maximum atomic E-state index is 14.2. The lowest BCUT2D eigenvalue weighted by Gasteiger charge is -2.32. The molecule has 0 saturated heterocycles. The number of hydrogen-bond acceptors (Lipinski definition) is 3. The lowest BCUT2D eigenvalue weighted by Crippen LogP contribution is -2.52. The molecule has 0 aromatic heterocycles. The molecule has 3 aromatic rings. The van der Waals surface area contributed by atoms with Crippen molar-refractivity contribution in [2.45, 2.75) is 44.6 Å². The van der Waals surface area contributed by atoms with E-state index in [-0.39, 0.29) is 35.9 Å². The predicted octanol–water partition coefficient (Wildman–Crippen LogP) is 7.18. The Morgan fingerprint density at radius 2 is 1.65 bits per heavy atom. The molecule has 196 valence electrons. The summed E-state index contributed by atoms with van der Waals surface area (Å²) in [6.45, 7) is 3.90. The molecule has 4 nitrogen and oxygen atoms in total. The van der Waals surface area contributed by atoms with Gasteiger partial charge in [-0.3, -0.25) is 9.59 Å². The lowest BCUT2D eigenvalue weighted by molar-refractivity contribution is -0.139. The second-order valence-corrected chi connectivity index (χ2v) is 11.0. The molecule has 9 heteroatoms. The van der Waals surface area contributed by atoms with E-state index >= 15 is 0 Å². The number of benzene rings is 3. The first-order chi connectivity index (χ1) is 17.7. The minimum atomic E-state index is -0.774. The fourth-order valence-corrected chi connectivity index (χ4v) is 5.33. The van der Waals surface area contributed by atoms with Crippen molar-refractivity contribution in [1.29, 1.82) is 0 Å². The fraction of sp³-hybridized carbons (Fsp3) is 0.286. The van der Waals surface area contributed by atoms with Crippen molar-refractivity contribution in [3.05, 3.63) is 104 Å². The van der Waals surface area contributed by atoms with Crippen LogP contribution in [0.1, 0.15) is 30.5 Å². The zero-order valence-corrected chi connectivity index (χ0v) is 23.6. The third-order valence-corrected chi connectivity index (χ3v) is 7.61. The van der Waals surface area contributed by atoms with E-state index in [1.165, 1.54) is 23.9 Å². The quantitative estimate of drug-likeness (QED) is 0.261. The third-order valence-electron chi connectivity index (χ3n) is 5.57. The summed E-state index contributed by atoms with van der Waals surface area (Å²) in [7, 11) is 0. The molecular weight excluding hydrogens is 554 g/mol. The highest BCUT2D eigenvalue weighted by molar-refractivity contribution is 7.99. The van der Waals surface area contributed by atoms with Crippen LogP contribution in [0.5, 0.6) is 0 Å². The van der Waals surface area contributed by atoms with E-state index in [0.29, 0.717) is 27.1 Å². The molecule has 0 unspecified atom stereocenters. The van der Waals surface area contributed by atoms with Crippen LogP contribution in [0.15, 0.2) is 66.7 Å². The van der Waals surface area contributed by atoms with Gasteiger partial charge in [-0.1, -0.05) is 77.3 Å². The SMILES string of the molecule is CC(C)NC(=O)[C@H](Cc1ccccc1)N(Cc1ccc(Cl)c(Cl)c1)C(=O)CSCc1c(F)cccc1Cl. The van der Waals surface area contributed by atoms with Gasteiger partial charge < -0.3 is 10.2 Å². The Balaban J connectivity index is 1.89. The van der Waals surface area contributed by atoms with Crippen molar-refractivity contribution in [2.24, 2.45) is 0 Å². The van der Waals surface area contributed by atoms with Crippen LogP contribution in [-0.4, -0.2) is 34.6 Å². The van der Waals surface area contributed by atoms with Gasteiger partial charge in [0, 0.05) is 35.3 Å². The normalized spacial score (nSPS) is 11.9. The van der Waals surface area contributed by atoms with E-state index < -0.39 is 11.9 Å². The maximum absolute atomic E-state index is 14.2. The van der Waals surface area contributed by atoms with Gasteiger partial charge in [0.1, 0.15) is 11.9 Å². The van der Waals surface area contributed by atoms with E-state index in [2.05, 4.69) is 5.32 Å². The average Bonchev–Trinajstić information content (AvgIpc) is 2.85. The minimum absolute atomic E-state index is 0.0340. The Kier molecular flexibility index (Phi) is 11.1. The summed E-state index contributed by atoms with van der Waals surface area (Å²) in [5.41, 5.74) is 2.00. The molecule has 0 fully saturated rings. The van der Waals surface area contributed by atoms with E-state index in [1.54, 1.807) is 29.2 Å². The predicted molar refractivity (Wildman–Crippen MR) is 152 cm³/mol. The molecule has 3 rings (SSSR count). The van der Waals surface area contributed by atoms with Crippen LogP contribution in [0.2, 0.25) is 15.1 Å². The lowest BCUT2D eigenvalue weighted by atomic mass is 10.0. The van der Waals surface area contributed by atoms with Crippen LogP contribution in [0, 0.1) is 5.82 Å². The highest BCUT2D eigenvalue weighted by atomic mass is 35.5. The molecule has 0 heterocycles. The zero-order chi connectivity index (χ0) is 26.9. The van der Waals surface area contributed by atoms with E-state index in [0.717, 1.165) is 11.1 Å². The van der Waals surface area contributed by atoms with Crippen LogP contribution in [-0.2, 0) is 28.3 Å². The second kappa shape index (κ2) is 14.1. The molecule has 0 saturated carbocycles. The van der Waals surface area contributed by atoms with Gasteiger partial charge in [-0.05, 0) is 49.2 Å². The van der Waals surface area contributed by atoms with Crippen LogP contribution >= 0.6 is 46.6 Å². The van der Waals surface area contributed by atoms with Crippen molar-refractivity contribution in [3.63, 3.8) is 0 Å². The topological polar surface area (TPSA) is 49.4 Å². The first-order valence-corrected chi connectivity index (χ1v) is 14.0. The summed E-state index contributed by atoms with van der Waals surface area (Å²) in [5, 5.41) is 4.02. The largest absolute Gasteiger partial charge is 0.352 e. The van der Waals surface area contributed by atoms with Crippen molar-refractivity contribution in [1.82, 2.24) is 10.2 Å². The van der Waals surface area contributed by atoms with Crippen molar-refractivity contribution < 1.29 is 14.0 Å². The molecule has 0 aliphatic carbocycles. The summed E-state index contributed by atoms with van der Waals surface area (Å²) in [4.78, 5) is 28.6. The molecule has 1 atom stereocenters. The number of carbonyl (C=O) groups excluding carboxylic acids is 2. The van der Waals surface area contributed by atoms with E-state index in [9.17, 15) is 14.0 Å². The minimum Gasteiger partial charge on any atom is -0.352 e. The average molecular weight is 582 g/mol. The smallest absolute Gasteiger partial charge is 0.243 e. The van der Waals surface area contributed by atoms with Gasteiger partial charge in [-0.15, -0.1) is 11.8 Å². The number of halogens is 4. The Bertz CT molecular complexity index is 1210. The number of carbonyl (C=O) groups is 2. The zero-order valence-electron chi connectivity index (χ0n) is 20.5. The number of nitrogens with zero attached hydrogens (tertiary/aromatic N) is 1. The molecule has 0 radical (unpaired) electrons. The summed E-state index contributed by atoms with van der Waals surface area (Å²) in [6, 6.07) is 18.3. The Morgan fingerprint density at radius 3 is 2.30 bits per heavy atom. The maximum Gasteiger partial charge on any atom is 0.243 e. The first-order valence-electron chi connectivity index (χ1n) is 11.7.